The minimum absolute atomic E-state index is 0.310. The number of benzene rings is 2. The molecule has 0 aromatic heterocycles. The molecule has 19 heavy (non-hydrogen) atoms. The average Bonchev–Trinajstić information content (AvgIpc) is 2.41. The highest BCUT2D eigenvalue weighted by molar-refractivity contribution is 9.10. The van der Waals surface area contributed by atoms with Crippen molar-refractivity contribution in [2.24, 2.45) is 0 Å². The summed E-state index contributed by atoms with van der Waals surface area (Å²) in [6.45, 7) is 0. The summed E-state index contributed by atoms with van der Waals surface area (Å²) in [6, 6.07) is 11.9. The van der Waals surface area contributed by atoms with Gasteiger partial charge in [-0.15, -0.1) is 0 Å². The van der Waals surface area contributed by atoms with E-state index in [4.69, 9.17) is 4.74 Å². The van der Waals surface area contributed by atoms with E-state index in [1.807, 2.05) is 24.3 Å². The van der Waals surface area contributed by atoms with Crippen LogP contribution in [0.5, 0.6) is 5.75 Å². The monoisotopic (exact) mass is 322 g/mol. The highest BCUT2D eigenvalue weighted by atomic mass is 79.9. The van der Waals surface area contributed by atoms with E-state index in [0.29, 0.717) is 17.7 Å². The van der Waals surface area contributed by atoms with Crippen LogP contribution in [0.4, 0.5) is 4.39 Å². The molecule has 0 fully saturated rings. The Morgan fingerprint density at radius 2 is 1.95 bits per heavy atom. The lowest BCUT2D eigenvalue weighted by molar-refractivity contribution is 0.0652. The van der Waals surface area contributed by atoms with Crippen molar-refractivity contribution < 1.29 is 14.2 Å². The maximum absolute atomic E-state index is 13.4. The minimum Gasteiger partial charge on any atom is -0.485 e. The third kappa shape index (κ3) is 2.38. The van der Waals surface area contributed by atoms with Crippen LogP contribution >= 0.6 is 15.9 Å². The predicted octanol–water partition coefficient (Wildman–Crippen LogP) is 4.15. The van der Waals surface area contributed by atoms with Gasteiger partial charge in [0.2, 0.25) is 0 Å². The number of halogens is 2. The lowest BCUT2D eigenvalue weighted by Gasteiger charge is -2.30. The fourth-order valence-electron chi connectivity index (χ4n) is 2.35. The van der Waals surface area contributed by atoms with Crippen LogP contribution in [0.3, 0.4) is 0 Å². The van der Waals surface area contributed by atoms with E-state index in [2.05, 4.69) is 15.9 Å². The van der Waals surface area contributed by atoms with Crippen molar-refractivity contribution in [3.63, 3.8) is 0 Å². The first-order chi connectivity index (χ1) is 9.15. The van der Waals surface area contributed by atoms with Crippen LogP contribution in [-0.4, -0.2) is 5.11 Å². The maximum atomic E-state index is 13.4. The van der Waals surface area contributed by atoms with Crippen LogP contribution in [0, 0.1) is 5.82 Å². The highest BCUT2D eigenvalue weighted by Gasteiger charge is 2.29. The van der Waals surface area contributed by atoms with Gasteiger partial charge in [-0.3, -0.25) is 0 Å². The second kappa shape index (κ2) is 4.94. The molecule has 2 aromatic rings. The summed E-state index contributed by atoms with van der Waals surface area (Å²) in [6.07, 6.45) is -0.529. The van der Waals surface area contributed by atoms with E-state index in [9.17, 15) is 9.50 Å². The van der Waals surface area contributed by atoms with Crippen molar-refractivity contribution in [2.45, 2.75) is 18.6 Å². The van der Waals surface area contributed by atoms with Gasteiger partial charge in [-0.05, 0) is 24.3 Å². The zero-order valence-electron chi connectivity index (χ0n) is 10.0. The fourth-order valence-corrected chi connectivity index (χ4v) is 2.85. The second-order valence-electron chi connectivity index (χ2n) is 4.56. The molecule has 0 amide bonds. The molecule has 1 aliphatic heterocycles. The Labute approximate surface area is 119 Å². The van der Waals surface area contributed by atoms with Crippen molar-refractivity contribution >= 4 is 15.9 Å². The number of rotatable bonds is 1. The van der Waals surface area contributed by atoms with Gasteiger partial charge in [0.1, 0.15) is 17.7 Å². The Hall–Kier alpha value is -1.39. The number of aliphatic hydroxyl groups is 1. The molecule has 0 aliphatic carbocycles. The highest BCUT2D eigenvalue weighted by Crippen LogP contribution is 2.42. The van der Waals surface area contributed by atoms with Crippen LogP contribution in [0.2, 0.25) is 0 Å². The Balaban J connectivity index is 1.99. The van der Waals surface area contributed by atoms with Crippen LogP contribution in [-0.2, 0) is 0 Å². The molecule has 0 saturated carbocycles. The molecule has 0 radical (unpaired) electrons. The first-order valence-corrected chi connectivity index (χ1v) is 6.83. The van der Waals surface area contributed by atoms with E-state index in [-0.39, 0.29) is 11.9 Å². The van der Waals surface area contributed by atoms with Gasteiger partial charge in [0, 0.05) is 22.0 Å². The van der Waals surface area contributed by atoms with Crippen molar-refractivity contribution in [3.05, 3.63) is 63.9 Å². The van der Waals surface area contributed by atoms with E-state index in [1.54, 1.807) is 6.07 Å². The van der Waals surface area contributed by atoms with E-state index < -0.39 is 6.10 Å². The van der Waals surface area contributed by atoms with Gasteiger partial charge in [-0.25, -0.2) is 4.39 Å². The Kier molecular flexibility index (Phi) is 3.29. The first-order valence-electron chi connectivity index (χ1n) is 6.04. The van der Waals surface area contributed by atoms with Gasteiger partial charge in [0.25, 0.3) is 0 Å². The van der Waals surface area contributed by atoms with Crippen molar-refractivity contribution in [1.29, 1.82) is 0 Å². The summed E-state index contributed by atoms with van der Waals surface area (Å²) < 4.78 is 20.0. The third-order valence-corrected chi connectivity index (χ3v) is 4.01. The largest absolute Gasteiger partial charge is 0.485 e. The van der Waals surface area contributed by atoms with Crippen LogP contribution < -0.4 is 4.74 Å². The van der Waals surface area contributed by atoms with Crippen molar-refractivity contribution in [2.75, 3.05) is 0 Å². The maximum Gasteiger partial charge on any atom is 0.128 e. The number of aliphatic hydroxyl groups excluding tert-OH is 1. The van der Waals surface area contributed by atoms with Gasteiger partial charge in [0.15, 0.2) is 0 Å². The zero-order chi connectivity index (χ0) is 13.4. The summed E-state index contributed by atoms with van der Waals surface area (Å²) in [5.74, 6) is 0.345. The number of fused-ring (bicyclic) bond motifs is 1. The minimum atomic E-state index is -0.592. The quantitative estimate of drug-likeness (QED) is 0.854. The topological polar surface area (TPSA) is 29.5 Å². The van der Waals surface area contributed by atoms with Gasteiger partial charge in [-0.2, -0.15) is 0 Å². The van der Waals surface area contributed by atoms with Crippen LogP contribution in [0.15, 0.2) is 46.9 Å². The van der Waals surface area contributed by atoms with Crippen molar-refractivity contribution in [3.8, 4) is 5.75 Å². The second-order valence-corrected chi connectivity index (χ2v) is 5.42. The summed E-state index contributed by atoms with van der Waals surface area (Å²) >= 11 is 3.40. The number of hydrogen-bond acceptors (Lipinski definition) is 2. The molecule has 2 atom stereocenters. The molecule has 2 aromatic carbocycles. The molecule has 2 nitrogen and oxygen atoms in total. The molecule has 0 bridgehead atoms. The lowest BCUT2D eigenvalue weighted by Crippen LogP contribution is -2.19. The Bertz CT molecular complexity index is 615. The molecule has 1 unspecified atom stereocenters. The molecular weight excluding hydrogens is 311 g/mol. The van der Waals surface area contributed by atoms with Gasteiger partial charge in [-0.1, -0.05) is 34.1 Å². The molecule has 1 heterocycles. The van der Waals surface area contributed by atoms with E-state index in [1.165, 1.54) is 12.1 Å². The predicted molar refractivity (Wildman–Crippen MR) is 73.5 cm³/mol. The Morgan fingerprint density at radius 3 is 2.79 bits per heavy atom. The molecular formula is C15H12BrFO2. The van der Waals surface area contributed by atoms with Gasteiger partial charge >= 0.3 is 0 Å². The molecule has 1 aliphatic rings. The molecule has 0 saturated heterocycles. The molecule has 98 valence electrons. The Morgan fingerprint density at radius 1 is 1.16 bits per heavy atom. The lowest BCUT2D eigenvalue weighted by atomic mass is 9.95. The number of hydrogen-bond donors (Lipinski definition) is 1. The summed E-state index contributed by atoms with van der Waals surface area (Å²) in [7, 11) is 0. The van der Waals surface area contributed by atoms with Crippen LogP contribution in [0.1, 0.15) is 29.8 Å². The SMILES string of the molecule is O[C@H]1CC(c2cc(F)ccc2Br)Oc2ccccc21. The zero-order valence-corrected chi connectivity index (χ0v) is 11.6. The van der Waals surface area contributed by atoms with E-state index in [0.717, 1.165) is 10.0 Å². The van der Waals surface area contributed by atoms with Crippen LogP contribution in [0.25, 0.3) is 0 Å². The fraction of sp³-hybridized carbons (Fsp3) is 0.200. The standard InChI is InChI=1S/C15H12BrFO2/c16-12-6-5-9(17)7-11(12)15-8-13(18)10-3-1-2-4-14(10)19-15/h1-7,13,15,18H,8H2/t13-,15?/m0/s1. The van der Waals surface area contributed by atoms with E-state index >= 15 is 0 Å². The third-order valence-electron chi connectivity index (χ3n) is 3.29. The average molecular weight is 323 g/mol. The molecule has 1 N–H and O–H groups in total. The molecule has 0 spiro atoms. The summed E-state index contributed by atoms with van der Waals surface area (Å²) in [5, 5.41) is 10.2. The summed E-state index contributed by atoms with van der Waals surface area (Å²) in [5.41, 5.74) is 1.50. The smallest absolute Gasteiger partial charge is 0.128 e. The van der Waals surface area contributed by atoms with Gasteiger partial charge in [0.05, 0.1) is 6.10 Å². The normalized spacial score (nSPS) is 21.6. The molecule has 3 rings (SSSR count). The first kappa shape index (κ1) is 12.6. The number of para-hydroxylation sites is 1. The molecule has 4 heteroatoms. The summed E-state index contributed by atoms with van der Waals surface area (Å²) in [4.78, 5) is 0. The number of ether oxygens (including phenoxy) is 1. The van der Waals surface area contributed by atoms with Gasteiger partial charge < -0.3 is 9.84 Å². The van der Waals surface area contributed by atoms with Crippen molar-refractivity contribution in [1.82, 2.24) is 0 Å².